The SMILES string of the molecule is CCCCCCCCCCCC(C)CCCC#N. The van der Waals surface area contributed by atoms with Gasteiger partial charge in [0.1, 0.15) is 0 Å². The highest BCUT2D eigenvalue weighted by Gasteiger charge is 2.01. The van der Waals surface area contributed by atoms with Gasteiger partial charge >= 0.3 is 0 Å². The molecule has 1 unspecified atom stereocenters. The molecule has 0 rings (SSSR count). The molecule has 0 aromatic heterocycles. The second-order valence-electron chi connectivity index (χ2n) is 5.77. The summed E-state index contributed by atoms with van der Waals surface area (Å²) >= 11 is 0. The van der Waals surface area contributed by atoms with Gasteiger partial charge in [-0.15, -0.1) is 0 Å². The quantitative estimate of drug-likeness (QED) is 0.355. The number of rotatable bonds is 13. The topological polar surface area (TPSA) is 23.8 Å². The lowest BCUT2D eigenvalue weighted by Crippen LogP contribution is -1.94. The van der Waals surface area contributed by atoms with Crippen LogP contribution in [0.5, 0.6) is 0 Å². The highest BCUT2D eigenvalue weighted by Crippen LogP contribution is 2.17. The first kappa shape index (κ1) is 17.5. The summed E-state index contributed by atoms with van der Waals surface area (Å²) in [6.07, 6.45) is 17.2. The molecular formula is C17H33N. The first-order valence-electron chi connectivity index (χ1n) is 8.18. The number of unbranched alkanes of at least 4 members (excludes halogenated alkanes) is 9. The minimum atomic E-state index is 0.738. The van der Waals surface area contributed by atoms with E-state index in [9.17, 15) is 0 Å². The monoisotopic (exact) mass is 251 g/mol. The maximum Gasteiger partial charge on any atom is 0.0621 e. The number of nitriles is 1. The van der Waals surface area contributed by atoms with Gasteiger partial charge in [-0.3, -0.25) is 0 Å². The van der Waals surface area contributed by atoms with Gasteiger partial charge in [0.2, 0.25) is 0 Å². The van der Waals surface area contributed by atoms with E-state index < -0.39 is 0 Å². The second-order valence-corrected chi connectivity index (χ2v) is 5.77. The van der Waals surface area contributed by atoms with Crippen molar-refractivity contribution in [3.05, 3.63) is 0 Å². The normalized spacial score (nSPS) is 12.3. The molecule has 0 aromatic carbocycles. The summed E-state index contributed by atoms with van der Waals surface area (Å²) in [7, 11) is 0. The molecule has 0 radical (unpaired) electrons. The van der Waals surface area contributed by atoms with Gasteiger partial charge in [-0.1, -0.05) is 78.1 Å². The molecule has 0 fully saturated rings. The van der Waals surface area contributed by atoms with Crippen molar-refractivity contribution in [2.45, 2.75) is 97.3 Å². The third kappa shape index (κ3) is 13.6. The zero-order valence-electron chi connectivity index (χ0n) is 12.7. The van der Waals surface area contributed by atoms with E-state index in [0.29, 0.717) is 0 Å². The first-order valence-corrected chi connectivity index (χ1v) is 8.18. The molecule has 0 aliphatic heterocycles. The molecule has 1 heteroatoms. The Kier molecular flexibility index (Phi) is 14.1. The summed E-state index contributed by atoms with van der Waals surface area (Å²) in [4.78, 5) is 0. The third-order valence-electron chi connectivity index (χ3n) is 3.79. The van der Waals surface area contributed by atoms with E-state index >= 15 is 0 Å². The van der Waals surface area contributed by atoms with Crippen molar-refractivity contribution in [1.29, 1.82) is 5.26 Å². The van der Waals surface area contributed by atoms with Crippen LogP contribution in [0.2, 0.25) is 0 Å². The van der Waals surface area contributed by atoms with Gasteiger partial charge in [-0.05, 0) is 18.8 Å². The van der Waals surface area contributed by atoms with Crippen LogP contribution < -0.4 is 0 Å². The molecule has 18 heavy (non-hydrogen) atoms. The van der Waals surface area contributed by atoms with E-state index in [-0.39, 0.29) is 0 Å². The van der Waals surface area contributed by atoms with Crippen LogP contribution >= 0.6 is 0 Å². The lowest BCUT2D eigenvalue weighted by atomic mass is 9.97. The Balaban J connectivity index is 3.08. The van der Waals surface area contributed by atoms with Crippen molar-refractivity contribution in [2.24, 2.45) is 5.92 Å². The van der Waals surface area contributed by atoms with Crippen molar-refractivity contribution >= 4 is 0 Å². The predicted molar refractivity (Wildman–Crippen MR) is 80.5 cm³/mol. The van der Waals surface area contributed by atoms with E-state index in [4.69, 9.17) is 5.26 Å². The summed E-state index contributed by atoms with van der Waals surface area (Å²) in [5.41, 5.74) is 0. The Bertz CT molecular complexity index is 192. The van der Waals surface area contributed by atoms with Crippen LogP contribution in [0.3, 0.4) is 0 Å². The van der Waals surface area contributed by atoms with Gasteiger partial charge < -0.3 is 0 Å². The Hall–Kier alpha value is -0.510. The van der Waals surface area contributed by atoms with Gasteiger partial charge in [-0.25, -0.2) is 0 Å². The number of hydrogen-bond acceptors (Lipinski definition) is 1. The maximum atomic E-state index is 8.48. The van der Waals surface area contributed by atoms with Crippen molar-refractivity contribution in [2.75, 3.05) is 0 Å². The number of hydrogen-bond donors (Lipinski definition) is 0. The molecule has 0 saturated carbocycles. The highest BCUT2D eigenvalue weighted by atomic mass is 14.2. The lowest BCUT2D eigenvalue weighted by molar-refractivity contribution is 0.445. The zero-order valence-corrected chi connectivity index (χ0v) is 12.7. The van der Waals surface area contributed by atoms with Crippen molar-refractivity contribution in [1.82, 2.24) is 0 Å². The minimum Gasteiger partial charge on any atom is -0.198 e. The molecule has 1 atom stereocenters. The zero-order chi connectivity index (χ0) is 13.5. The van der Waals surface area contributed by atoms with Crippen LogP contribution in [0.1, 0.15) is 97.3 Å². The maximum absolute atomic E-state index is 8.48. The summed E-state index contributed by atoms with van der Waals surface area (Å²) in [6, 6.07) is 2.23. The molecule has 0 aromatic rings. The van der Waals surface area contributed by atoms with Gasteiger partial charge in [0.25, 0.3) is 0 Å². The standard InChI is InChI=1S/C17H33N/c1-3-4-5-6-7-8-9-10-11-14-17(2)15-12-13-16-18/h17H,3-15H2,1-2H3. The van der Waals surface area contributed by atoms with Gasteiger partial charge in [0.15, 0.2) is 0 Å². The second kappa shape index (κ2) is 14.6. The van der Waals surface area contributed by atoms with Gasteiger partial charge in [-0.2, -0.15) is 5.26 Å². The minimum absolute atomic E-state index is 0.738. The van der Waals surface area contributed by atoms with E-state index in [1.165, 1.54) is 70.6 Å². The van der Waals surface area contributed by atoms with Gasteiger partial charge in [0.05, 0.1) is 6.07 Å². The Morgan fingerprint density at radius 1 is 0.778 bits per heavy atom. The van der Waals surface area contributed by atoms with Crippen molar-refractivity contribution in [3.63, 3.8) is 0 Å². The average molecular weight is 251 g/mol. The van der Waals surface area contributed by atoms with Crippen LogP contribution in [-0.4, -0.2) is 0 Å². The van der Waals surface area contributed by atoms with Crippen LogP contribution in [0.4, 0.5) is 0 Å². The van der Waals surface area contributed by atoms with Crippen LogP contribution in [0.25, 0.3) is 0 Å². The predicted octanol–water partition coefficient (Wildman–Crippen LogP) is 6.24. The molecule has 0 aliphatic rings. The summed E-state index contributed by atoms with van der Waals surface area (Å²) < 4.78 is 0. The Labute approximate surface area is 115 Å². The molecule has 0 saturated heterocycles. The molecular weight excluding hydrogens is 218 g/mol. The summed E-state index contributed by atoms with van der Waals surface area (Å²) in [6.45, 7) is 4.61. The van der Waals surface area contributed by atoms with Gasteiger partial charge in [0, 0.05) is 6.42 Å². The van der Waals surface area contributed by atoms with Crippen LogP contribution in [0.15, 0.2) is 0 Å². The summed E-state index contributed by atoms with van der Waals surface area (Å²) in [5, 5.41) is 8.48. The fourth-order valence-corrected chi connectivity index (χ4v) is 2.48. The Morgan fingerprint density at radius 3 is 1.83 bits per heavy atom. The Morgan fingerprint density at radius 2 is 1.28 bits per heavy atom. The van der Waals surface area contributed by atoms with E-state index in [1.807, 2.05) is 0 Å². The molecule has 0 heterocycles. The average Bonchev–Trinajstić information content (AvgIpc) is 2.37. The molecule has 0 spiro atoms. The van der Waals surface area contributed by atoms with Crippen molar-refractivity contribution < 1.29 is 0 Å². The van der Waals surface area contributed by atoms with Crippen LogP contribution in [0, 0.1) is 17.2 Å². The highest BCUT2D eigenvalue weighted by molar-refractivity contribution is 4.69. The van der Waals surface area contributed by atoms with Crippen LogP contribution in [-0.2, 0) is 0 Å². The molecule has 0 amide bonds. The molecule has 0 bridgehead atoms. The molecule has 0 aliphatic carbocycles. The molecule has 106 valence electrons. The first-order chi connectivity index (χ1) is 8.81. The van der Waals surface area contributed by atoms with Crippen molar-refractivity contribution in [3.8, 4) is 6.07 Å². The smallest absolute Gasteiger partial charge is 0.0621 e. The lowest BCUT2D eigenvalue weighted by Gasteiger charge is -2.09. The fraction of sp³-hybridized carbons (Fsp3) is 0.941. The summed E-state index contributed by atoms with van der Waals surface area (Å²) in [5.74, 6) is 0.822. The van der Waals surface area contributed by atoms with E-state index in [1.54, 1.807) is 0 Å². The third-order valence-corrected chi connectivity index (χ3v) is 3.79. The largest absolute Gasteiger partial charge is 0.198 e. The molecule has 0 N–H and O–H groups in total. The van der Waals surface area contributed by atoms with E-state index in [0.717, 1.165) is 18.8 Å². The fourth-order valence-electron chi connectivity index (χ4n) is 2.48. The number of nitrogens with zero attached hydrogens (tertiary/aromatic N) is 1. The molecule has 1 nitrogen and oxygen atoms in total. The van der Waals surface area contributed by atoms with E-state index in [2.05, 4.69) is 19.9 Å².